The Labute approximate surface area is 146 Å². The summed E-state index contributed by atoms with van der Waals surface area (Å²) in [4.78, 5) is 17.0. The van der Waals surface area contributed by atoms with Gasteiger partial charge in [-0.25, -0.2) is 0 Å². The van der Waals surface area contributed by atoms with Gasteiger partial charge in [-0.2, -0.15) is 0 Å². The highest BCUT2D eigenvalue weighted by molar-refractivity contribution is 6.05. The summed E-state index contributed by atoms with van der Waals surface area (Å²) in [5, 5.41) is 11.9. The predicted octanol–water partition coefficient (Wildman–Crippen LogP) is 1.73. The molecule has 4 rings (SSSR count). The third kappa shape index (κ3) is 3.42. The normalized spacial score (nSPS) is 25.4. The number of β-amino-alcohol motifs (C(OH)–C–C–N with tert-alkyl or cyclic N) is 1. The number of amides is 1. The number of benzene rings is 1. The van der Waals surface area contributed by atoms with Crippen molar-refractivity contribution in [1.82, 2.24) is 9.80 Å². The van der Waals surface area contributed by atoms with Crippen molar-refractivity contribution >= 4 is 16.9 Å². The Morgan fingerprint density at radius 1 is 1.20 bits per heavy atom. The smallest absolute Gasteiger partial charge is 0.257 e. The summed E-state index contributed by atoms with van der Waals surface area (Å²) in [7, 11) is 0. The number of fused-ring (bicyclic) bond motifs is 1. The first-order chi connectivity index (χ1) is 12.1. The van der Waals surface area contributed by atoms with Crippen molar-refractivity contribution in [3.63, 3.8) is 0 Å². The van der Waals surface area contributed by atoms with Crippen LogP contribution < -0.4 is 0 Å². The Kier molecular flexibility index (Phi) is 4.50. The lowest BCUT2D eigenvalue weighted by atomic mass is 10.0. The second-order valence-electron chi connectivity index (χ2n) is 7.13. The molecule has 0 aliphatic carbocycles. The Morgan fingerprint density at radius 2 is 2.00 bits per heavy atom. The van der Waals surface area contributed by atoms with Gasteiger partial charge in [-0.1, -0.05) is 18.2 Å². The van der Waals surface area contributed by atoms with Crippen molar-refractivity contribution in [2.45, 2.75) is 18.4 Å². The summed E-state index contributed by atoms with van der Waals surface area (Å²) in [6.07, 6.45) is 3.85. The minimum atomic E-state index is -1.03. The van der Waals surface area contributed by atoms with Gasteiger partial charge in [0.25, 0.3) is 5.91 Å². The van der Waals surface area contributed by atoms with Gasteiger partial charge in [-0.3, -0.25) is 4.79 Å². The zero-order chi connectivity index (χ0) is 17.3. The van der Waals surface area contributed by atoms with Gasteiger partial charge >= 0.3 is 0 Å². The number of rotatable bonds is 3. The number of nitrogens with zero attached hydrogens (tertiary/aromatic N) is 2. The van der Waals surface area contributed by atoms with Crippen LogP contribution in [-0.4, -0.2) is 72.4 Å². The van der Waals surface area contributed by atoms with Crippen molar-refractivity contribution < 1.29 is 19.1 Å². The van der Waals surface area contributed by atoms with Crippen LogP contribution in [0.25, 0.3) is 11.0 Å². The molecule has 25 heavy (non-hydrogen) atoms. The minimum Gasteiger partial charge on any atom is -0.463 e. The van der Waals surface area contributed by atoms with E-state index in [9.17, 15) is 9.90 Å². The van der Waals surface area contributed by atoms with Crippen LogP contribution >= 0.6 is 0 Å². The second kappa shape index (κ2) is 6.78. The third-order valence-corrected chi connectivity index (χ3v) is 5.08. The fourth-order valence-electron chi connectivity index (χ4n) is 3.86. The van der Waals surface area contributed by atoms with Gasteiger partial charge < -0.3 is 24.1 Å². The van der Waals surface area contributed by atoms with Crippen LogP contribution in [0.4, 0.5) is 0 Å². The summed E-state index contributed by atoms with van der Waals surface area (Å²) in [5.74, 6) is -0.115. The van der Waals surface area contributed by atoms with E-state index < -0.39 is 5.60 Å². The maximum Gasteiger partial charge on any atom is 0.257 e. The van der Waals surface area contributed by atoms with Crippen molar-refractivity contribution in [1.29, 1.82) is 0 Å². The number of likely N-dealkylation sites (tertiary alicyclic amines) is 1. The lowest BCUT2D eigenvalue weighted by molar-refractivity contribution is -0.0524. The molecule has 2 aliphatic heterocycles. The SMILES string of the molecule is O=C(c1coc2ccccc12)N1CCOCC(O)(CN2CCCC2)C1. The van der Waals surface area contributed by atoms with Crippen molar-refractivity contribution in [2.75, 3.05) is 45.9 Å². The van der Waals surface area contributed by atoms with Crippen molar-refractivity contribution in [2.24, 2.45) is 0 Å². The summed E-state index contributed by atoms with van der Waals surface area (Å²) >= 11 is 0. The first-order valence-electron chi connectivity index (χ1n) is 8.93. The van der Waals surface area contributed by atoms with Crippen LogP contribution in [-0.2, 0) is 4.74 Å². The predicted molar refractivity (Wildman–Crippen MR) is 93.6 cm³/mol. The Balaban J connectivity index is 1.54. The van der Waals surface area contributed by atoms with Crippen LogP contribution in [0.2, 0.25) is 0 Å². The molecule has 2 aliphatic rings. The molecule has 2 aromatic rings. The molecule has 1 amide bonds. The average Bonchev–Trinajstić information content (AvgIpc) is 3.22. The van der Waals surface area contributed by atoms with Gasteiger partial charge in [0, 0.05) is 18.5 Å². The van der Waals surface area contributed by atoms with Gasteiger partial charge in [0.15, 0.2) is 0 Å². The number of carbonyl (C=O) groups excluding carboxylic acids is 1. The van der Waals surface area contributed by atoms with Gasteiger partial charge in [0.2, 0.25) is 0 Å². The standard InChI is InChI=1S/C19H24N2O4/c22-18(16-11-25-17-6-2-1-5-15(16)17)21-9-10-24-14-19(23,13-21)12-20-7-3-4-8-20/h1-2,5-6,11,23H,3-4,7-10,12-14H2. The Bertz CT molecular complexity index is 753. The summed E-state index contributed by atoms with van der Waals surface area (Å²) in [5.41, 5.74) is 0.209. The minimum absolute atomic E-state index is 0.115. The van der Waals surface area contributed by atoms with E-state index in [-0.39, 0.29) is 19.1 Å². The first kappa shape index (κ1) is 16.6. The zero-order valence-electron chi connectivity index (χ0n) is 14.3. The molecule has 1 unspecified atom stereocenters. The number of hydrogen-bond donors (Lipinski definition) is 1. The maximum atomic E-state index is 13.0. The summed E-state index contributed by atoms with van der Waals surface area (Å²) in [6.45, 7) is 4.00. The molecule has 1 aromatic heterocycles. The summed E-state index contributed by atoms with van der Waals surface area (Å²) < 4.78 is 11.1. The number of ether oxygens (including phenoxy) is 1. The molecule has 6 nitrogen and oxygen atoms in total. The first-order valence-corrected chi connectivity index (χ1v) is 8.93. The highest BCUT2D eigenvalue weighted by Gasteiger charge is 2.37. The molecule has 1 atom stereocenters. The molecule has 1 aromatic carbocycles. The van der Waals surface area contributed by atoms with Crippen LogP contribution in [0.5, 0.6) is 0 Å². The molecule has 0 bridgehead atoms. The molecule has 134 valence electrons. The molecular formula is C19H24N2O4. The maximum absolute atomic E-state index is 13.0. The fourth-order valence-corrected chi connectivity index (χ4v) is 3.86. The lowest BCUT2D eigenvalue weighted by Gasteiger charge is -2.33. The van der Waals surface area contributed by atoms with Crippen molar-refractivity contribution in [3.05, 3.63) is 36.1 Å². The topological polar surface area (TPSA) is 66.2 Å². The van der Waals surface area contributed by atoms with Crippen LogP contribution in [0.1, 0.15) is 23.2 Å². The molecule has 2 fully saturated rings. The van der Waals surface area contributed by atoms with E-state index >= 15 is 0 Å². The fraction of sp³-hybridized carbons (Fsp3) is 0.526. The van der Waals surface area contributed by atoms with E-state index in [1.54, 1.807) is 4.90 Å². The van der Waals surface area contributed by atoms with Crippen LogP contribution in [0, 0.1) is 0 Å². The number of furan rings is 1. The highest BCUT2D eigenvalue weighted by atomic mass is 16.5. The van der Waals surface area contributed by atoms with Crippen LogP contribution in [0.15, 0.2) is 34.9 Å². The van der Waals surface area contributed by atoms with Gasteiger partial charge in [0.05, 0.1) is 25.3 Å². The number of carbonyl (C=O) groups is 1. The van der Waals surface area contributed by atoms with E-state index in [0.717, 1.165) is 18.5 Å². The van der Waals surface area contributed by atoms with E-state index in [4.69, 9.17) is 9.15 Å². The van der Waals surface area contributed by atoms with E-state index in [2.05, 4.69) is 4.90 Å². The molecule has 6 heteroatoms. The Hall–Kier alpha value is -1.89. The quantitative estimate of drug-likeness (QED) is 0.919. The Morgan fingerprint density at radius 3 is 2.84 bits per heavy atom. The lowest BCUT2D eigenvalue weighted by Crippen LogP contribution is -2.53. The second-order valence-corrected chi connectivity index (χ2v) is 7.13. The van der Waals surface area contributed by atoms with E-state index in [1.807, 2.05) is 24.3 Å². The largest absolute Gasteiger partial charge is 0.463 e. The molecule has 0 saturated carbocycles. The number of aliphatic hydroxyl groups is 1. The molecule has 0 spiro atoms. The monoisotopic (exact) mass is 344 g/mol. The molecule has 2 saturated heterocycles. The zero-order valence-corrected chi connectivity index (χ0v) is 14.3. The van der Waals surface area contributed by atoms with E-state index in [1.165, 1.54) is 19.1 Å². The third-order valence-electron chi connectivity index (χ3n) is 5.08. The average molecular weight is 344 g/mol. The van der Waals surface area contributed by atoms with Gasteiger partial charge in [-0.05, 0) is 32.0 Å². The van der Waals surface area contributed by atoms with Crippen molar-refractivity contribution in [3.8, 4) is 0 Å². The molecular weight excluding hydrogens is 320 g/mol. The highest BCUT2D eigenvalue weighted by Crippen LogP contribution is 2.24. The van der Waals surface area contributed by atoms with Gasteiger partial charge in [0.1, 0.15) is 17.4 Å². The number of hydrogen-bond acceptors (Lipinski definition) is 5. The van der Waals surface area contributed by atoms with Gasteiger partial charge in [-0.15, -0.1) is 0 Å². The molecule has 0 radical (unpaired) electrons. The number of para-hydroxylation sites is 1. The summed E-state index contributed by atoms with van der Waals surface area (Å²) in [6, 6.07) is 7.51. The molecule has 1 N–H and O–H groups in total. The molecule has 3 heterocycles. The van der Waals surface area contributed by atoms with E-state index in [0.29, 0.717) is 30.8 Å². The van der Waals surface area contributed by atoms with Crippen LogP contribution in [0.3, 0.4) is 0 Å².